The molecule has 186 valence electrons. The Balaban J connectivity index is 1.24. The summed E-state index contributed by atoms with van der Waals surface area (Å²) in [5.41, 5.74) is 6.57. The van der Waals surface area contributed by atoms with Gasteiger partial charge in [0.2, 0.25) is 0 Å². The van der Waals surface area contributed by atoms with Gasteiger partial charge in [-0.05, 0) is 111 Å². The highest BCUT2D eigenvalue weighted by molar-refractivity contribution is 5.26. The van der Waals surface area contributed by atoms with Gasteiger partial charge >= 0.3 is 0 Å². The van der Waals surface area contributed by atoms with Crippen LogP contribution in [0.1, 0.15) is 89.5 Å². The number of furan rings is 1. The molecule has 4 aliphatic carbocycles. The number of aliphatic hydroxyl groups is 1. The molecule has 0 amide bonds. The predicted molar refractivity (Wildman–Crippen MR) is 129 cm³/mol. The first-order chi connectivity index (χ1) is 15.9. The fraction of sp³-hybridized carbons (Fsp3) is 0.857. The minimum absolute atomic E-state index is 0.0363. The SMILES string of the molecule is C[C@]12CC[C@H](OCCOCCCN)C[C@H]1CC[C@@H]1[C@@H]2CC[C@]2(C)C(c3ccoc3)CC[C@]12O. The maximum atomic E-state index is 12.3. The van der Waals surface area contributed by atoms with E-state index in [0.29, 0.717) is 49.0 Å². The van der Waals surface area contributed by atoms with Crippen molar-refractivity contribution in [1.82, 2.24) is 0 Å². The molecule has 8 atom stereocenters. The lowest BCUT2D eigenvalue weighted by Crippen LogP contribution is -2.62. The lowest BCUT2D eigenvalue weighted by molar-refractivity contribution is -0.207. The van der Waals surface area contributed by atoms with Crippen LogP contribution >= 0.6 is 0 Å². The Morgan fingerprint density at radius 3 is 2.70 bits per heavy atom. The van der Waals surface area contributed by atoms with Crippen LogP contribution in [0.5, 0.6) is 0 Å². The Hall–Kier alpha value is -0.880. The van der Waals surface area contributed by atoms with Crippen molar-refractivity contribution in [2.24, 2.45) is 34.3 Å². The van der Waals surface area contributed by atoms with E-state index in [4.69, 9.17) is 19.6 Å². The lowest BCUT2D eigenvalue weighted by Gasteiger charge is -2.63. The Kier molecular flexibility index (Phi) is 6.71. The molecule has 1 unspecified atom stereocenters. The second-order valence-corrected chi connectivity index (χ2v) is 12.0. The Labute approximate surface area is 199 Å². The number of hydrogen-bond donors (Lipinski definition) is 2. The highest BCUT2D eigenvalue weighted by atomic mass is 16.5. The van der Waals surface area contributed by atoms with Crippen molar-refractivity contribution in [3.63, 3.8) is 0 Å². The number of hydrogen-bond acceptors (Lipinski definition) is 5. The van der Waals surface area contributed by atoms with E-state index in [1.807, 2.05) is 6.26 Å². The van der Waals surface area contributed by atoms with Crippen LogP contribution < -0.4 is 5.73 Å². The summed E-state index contributed by atoms with van der Waals surface area (Å²) in [7, 11) is 0. The van der Waals surface area contributed by atoms with Crippen molar-refractivity contribution in [2.75, 3.05) is 26.4 Å². The van der Waals surface area contributed by atoms with Crippen LogP contribution in [-0.2, 0) is 9.47 Å². The van der Waals surface area contributed by atoms with E-state index < -0.39 is 5.60 Å². The van der Waals surface area contributed by atoms with Crippen LogP contribution in [0.4, 0.5) is 0 Å². The van der Waals surface area contributed by atoms with E-state index in [9.17, 15) is 5.11 Å². The highest BCUT2D eigenvalue weighted by Gasteiger charge is 2.67. The Bertz CT molecular complexity index is 783. The average Bonchev–Trinajstić information content (AvgIpc) is 3.42. The van der Waals surface area contributed by atoms with Gasteiger partial charge in [-0.1, -0.05) is 13.8 Å². The van der Waals surface area contributed by atoms with E-state index >= 15 is 0 Å². The first-order valence-corrected chi connectivity index (χ1v) is 13.6. The van der Waals surface area contributed by atoms with Gasteiger partial charge in [0, 0.05) is 12.0 Å². The minimum Gasteiger partial charge on any atom is -0.472 e. The molecule has 0 aromatic carbocycles. The number of rotatable bonds is 8. The standard InChI is InChI=1S/C28H45NO4/c1-26-10-6-22(33-17-16-31-14-3-13-29)18-21(26)4-5-25-24(26)7-11-27(2)23(8-12-28(25,27)30)20-9-15-32-19-20/h9,15,19,21-25,30H,3-8,10-14,16-18,29H2,1-2H3/t21-,22+,23?,24+,25-,26+,27-,28+/m1/s1. The molecule has 0 radical (unpaired) electrons. The zero-order valence-corrected chi connectivity index (χ0v) is 20.8. The summed E-state index contributed by atoms with van der Waals surface area (Å²) in [6.45, 7) is 7.71. The molecule has 0 bridgehead atoms. The van der Waals surface area contributed by atoms with Gasteiger partial charge in [0.25, 0.3) is 0 Å². The van der Waals surface area contributed by atoms with Crippen LogP contribution in [0.2, 0.25) is 0 Å². The molecule has 4 saturated carbocycles. The van der Waals surface area contributed by atoms with Gasteiger partial charge in [0.15, 0.2) is 0 Å². The largest absolute Gasteiger partial charge is 0.472 e. The van der Waals surface area contributed by atoms with Gasteiger partial charge in [-0.15, -0.1) is 0 Å². The van der Waals surface area contributed by atoms with E-state index in [0.717, 1.165) is 44.6 Å². The van der Waals surface area contributed by atoms with Crippen LogP contribution in [0, 0.1) is 28.6 Å². The van der Waals surface area contributed by atoms with Gasteiger partial charge in [0.05, 0.1) is 37.4 Å². The molecule has 5 heteroatoms. The molecule has 1 aromatic heterocycles. The summed E-state index contributed by atoms with van der Waals surface area (Å²) in [4.78, 5) is 0. The molecule has 0 saturated heterocycles. The summed E-state index contributed by atoms with van der Waals surface area (Å²) in [6, 6.07) is 2.12. The van der Waals surface area contributed by atoms with E-state index in [-0.39, 0.29) is 5.41 Å². The van der Waals surface area contributed by atoms with Crippen molar-refractivity contribution in [2.45, 2.75) is 95.7 Å². The van der Waals surface area contributed by atoms with Crippen molar-refractivity contribution in [1.29, 1.82) is 0 Å². The summed E-state index contributed by atoms with van der Waals surface area (Å²) in [6.07, 6.45) is 15.4. The molecule has 5 rings (SSSR count). The van der Waals surface area contributed by atoms with Crippen LogP contribution in [0.3, 0.4) is 0 Å². The normalized spacial score (nSPS) is 44.8. The zero-order chi connectivity index (χ0) is 23.1. The second-order valence-electron chi connectivity index (χ2n) is 12.0. The van der Waals surface area contributed by atoms with Gasteiger partial charge < -0.3 is 24.7 Å². The molecular formula is C28H45NO4. The fourth-order valence-electron chi connectivity index (χ4n) is 8.91. The third-order valence-electron chi connectivity index (χ3n) is 10.8. The number of fused-ring (bicyclic) bond motifs is 5. The molecule has 33 heavy (non-hydrogen) atoms. The molecule has 3 N–H and O–H groups in total. The van der Waals surface area contributed by atoms with Gasteiger partial charge in [-0.3, -0.25) is 0 Å². The number of ether oxygens (including phenoxy) is 2. The minimum atomic E-state index is -0.542. The molecular weight excluding hydrogens is 414 g/mol. The molecule has 5 nitrogen and oxygen atoms in total. The Morgan fingerprint density at radius 2 is 1.91 bits per heavy atom. The quantitative estimate of drug-likeness (QED) is 0.518. The van der Waals surface area contributed by atoms with E-state index in [1.165, 1.54) is 37.7 Å². The molecule has 4 aliphatic rings. The first kappa shape index (κ1) is 23.8. The predicted octanol–water partition coefficient (Wildman–Crippen LogP) is 5.27. The van der Waals surface area contributed by atoms with Crippen molar-refractivity contribution >= 4 is 0 Å². The summed E-state index contributed by atoms with van der Waals surface area (Å²) in [5, 5.41) is 12.3. The van der Waals surface area contributed by atoms with Gasteiger partial charge in [-0.2, -0.15) is 0 Å². The zero-order valence-electron chi connectivity index (χ0n) is 20.8. The molecule has 1 aromatic rings. The first-order valence-electron chi connectivity index (χ1n) is 13.6. The highest BCUT2D eigenvalue weighted by Crippen LogP contribution is 2.70. The lowest BCUT2D eigenvalue weighted by atomic mass is 9.43. The van der Waals surface area contributed by atoms with Crippen molar-refractivity contribution < 1.29 is 19.0 Å². The van der Waals surface area contributed by atoms with Gasteiger partial charge in [0.1, 0.15) is 0 Å². The van der Waals surface area contributed by atoms with Gasteiger partial charge in [-0.25, -0.2) is 0 Å². The molecule has 4 fully saturated rings. The third kappa shape index (κ3) is 3.91. The average molecular weight is 460 g/mol. The van der Waals surface area contributed by atoms with E-state index in [2.05, 4.69) is 19.9 Å². The monoisotopic (exact) mass is 459 g/mol. The van der Waals surface area contributed by atoms with E-state index in [1.54, 1.807) is 6.26 Å². The number of nitrogens with two attached hydrogens (primary N) is 1. The maximum Gasteiger partial charge on any atom is 0.0937 e. The maximum absolute atomic E-state index is 12.3. The molecule has 0 aliphatic heterocycles. The van der Waals surface area contributed by atoms with Crippen LogP contribution in [-0.4, -0.2) is 43.2 Å². The summed E-state index contributed by atoms with van der Waals surface area (Å²) in [5.74, 6) is 2.21. The molecule has 0 spiro atoms. The second kappa shape index (κ2) is 9.29. The smallest absolute Gasteiger partial charge is 0.0937 e. The summed E-state index contributed by atoms with van der Waals surface area (Å²) < 4.78 is 17.3. The Morgan fingerprint density at radius 1 is 1.03 bits per heavy atom. The fourth-order valence-corrected chi connectivity index (χ4v) is 8.91. The van der Waals surface area contributed by atoms with Crippen LogP contribution in [0.25, 0.3) is 0 Å². The summed E-state index contributed by atoms with van der Waals surface area (Å²) >= 11 is 0. The van der Waals surface area contributed by atoms with Crippen LogP contribution in [0.15, 0.2) is 23.0 Å². The topological polar surface area (TPSA) is 77.9 Å². The molecule has 1 heterocycles. The third-order valence-corrected chi connectivity index (χ3v) is 10.8. The van der Waals surface area contributed by atoms with Crippen molar-refractivity contribution in [3.8, 4) is 0 Å². The van der Waals surface area contributed by atoms with Crippen molar-refractivity contribution in [3.05, 3.63) is 24.2 Å².